The van der Waals surface area contributed by atoms with Crippen molar-refractivity contribution in [2.75, 3.05) is 0 Å². The van der Waals surface area contributed by atoms with Crippen molar-refractivity contribution in [2.45, 2.75) is 37.8 Å². The minimum absolute atomic E-state index is 0.0413. The molecule has 0 spiro atoms. The van der Waals surface area contributed by atoms with Gasteiger partial charge in [-0.2, -0.15) is 10.2 Å². The third-order valence-corrected chi connectivity index (χ3v) is 4.92. The zero-order valence-corrected chi connectivity index (χ0v) is 14.7. The summed E-state index contributed by atoms with van der Waals surface area (Å²) in [5.41, 5.74) is 2.05. The van der Waals surface area contributed by atoms with Crippen molar-refractivity contribution >= 4 is 5.91 Å². The normalized spacial score (nSPS) is 19.6. The van der Waals surface area contributed by atoms with Gasteiger partial charge in [-0.1, -0.05) is 0 Å². The highest BCUT2D eigenvalue weighted by atomic mass is 16.2. The summed E-state index contributed by atoms with van der Waals surface area (Å²) < 4.78 is 1.59. The number of pyridine rings is 1. The number of aromatic amines is 1. The molecule has 4 rings (SSSR count). The third kappa shape index (κ3) is 3.79. The van der Waals surface area contributed by atoms with Gasteiger partial charge in [0.15, 0.2) is 0 Å². The first-order valence-electron chi connectivity index (χ1n) is 9.01. The van der Waals surface area contributed by atoms with Gasteiger partial charge in [0.25, 0.3) is 11.5 Å². The van der Waals surface area contributed by atoms with Gasteiger partial charge in [-0.15, -0.1) is 0 Å². The Morgan fingerprint density at radius 1 is 1.04 bits per heavy atom. The van der Waals surface area contributed by atoms with E-state index in [9.17, 15) is 9.59 Å². The van der Waals surface area contributed by atoms with Crippen LogP contribution in [0.4, 0.5) is 0 Å². The van der Waals surface area contributed by atoms with E-state index in [0.717, 1.165) is 36.9 Å². The molecule has 0 atom stereocenters. The molecule has 0 unspecified atom stereocenters. The van der Waals surface area contributed by atoms with E-state index in [2.05, 4.69) is 25.6 Å². The number of nitrogens with zero attached hydrogens (tertiary/aromatic N) is 4. The summed E-state index contributed by atoms with van der Waals surface area (Å²) in [7, 11) is 0. The van der Waals surface area contributed by atoms with Crippen LogP contribution in [0.2, 0.25) is 0 Å². The molecule has 0 aliphatic heterocycles. The van der Waals surface area contributed by atoms with Crippen molar-refractivity contribution < 1.29 is 4.79 Å². The predicted molar refractivity (Wildman–Crippen MR) is 99.1 cm³/mol. The summed E-state index contributed by atoms with van der Waals surface area (Å²) in [6.07, 6.45) is 8.16. The van der Waals surface area contributed by atoms with E-state index >= 15 is 0 Å². The zero-order valence-electron chi connectivity index (χ0n) is 14.7. The number of nitrogens with one attached hydrogen (secondary N) is 2. The van der Waals surface area contributed by atoms with Crippen molar-refractivity contribution in [1.82, 2.24) is 30.3 Å². The smallest absolute Gasteiger partial charge is 0.269 e. The maximum absolute atomic E-state index is 12.3. The molecule has 138 valence electrons. The molecule has 8 nitrogen and oxygen atoms in total. The molecule has 1 aliphatic rings. The first-order chi connectivity index (χ1) is 13.2. The Morgan fingerprint density at radius 2 is 1.81 bits per heavy atom. The maximum atomic E-state index is 12.3. The second-order valence-electron chi connectivity index (χ2n) is 6.69. The fourth-order valence-corrected chi connectivity index (χ4v) is 3.47. The highest BCUT2D eigenvalue weighted by molar-refractivity contribution is 5.92. The van der Waals surface area contributed by atoms with E-state index in [1.54, 1.807) is 41.5 Å². The van der Waals surface area contributed by atoms with Crippen LogP contribution in [0, 0.1) is 0 Å². The number of hydrogen-bond donors (Lipinski definition) is 2. The van der Waals surface area contributed by atoms with Crippen LogP contribution in [0.15, 0.2) is 53.7 Å². The number of hydrogen-bond acceptors (Lipinski definition) is 5. The van der Waals surface area contributed by atoms with Crippen molar-refractivity contribution in [3.05, 3.63) is 65.0 Å². The molecule has 1 aliphatic carbocycles. The predicted octanol–water partition coefficient (Wildman–Crippen LogP) is 1.94. The van der Waals surface area contributed by atoms with Crippen LogP contribution in [0.3, 0.4) is 0 Å². The second kappa shape index (κ2) is 7.53. The van der Waals surface area contributed by atoms with Crippen LogP contribution in [0.5, 0.6) is 0 Å². The minimum atomic E-state index is -0.147. The second-order valence-corrected chi connectivity index (χ2v) is 6.69. The molecule has 0 aromatic carbocycles. The van der Waals surface area contributed by atoms with Crippen LogP contribution in [-0.2, 0) is 0 Å². The molecular weight excluding hydrogens is 344 g/mol. The molecule has 8 heteroatoms. The van der Waals surface area contributed by atoms with Gasteiger partial charge in [0.05, 0.1) is 11.7 Å². The summed E-state index contributed by atoms with van der Waals surface area (Å²) >= 11 is 0. The molecule has 0 saturated heterocycles. The number of rotatable bonds is 4. The minimum Gasteiger partial charge on any atom is -0.348 e. The lowest BCUT2D eigenvalue weighted by Crippen LogP contribution is -2.39. The van der Waals surface area contributed by atoms with Crippen molar-refractivity contribution in [2.24, 2.45) is 0 Å². The van der Waals surface area contributed by atoms with Gasteiger partial charge in [0.2, 0.25) is 0 Å². The summed E-state index contributed by atoms with van der Waals surface area (Å²) in [5.74, 6) is -0.147. The largest absolute Gasteiger partial charge is 0.348 e. The van der Waals surface area contributed by atoms with E-state index in [4.69, 9.17) is 0 Å². The standard InChI is InChI=1S/C19H20N6O2/c26-18-6-5-16(13-7-10-20-11-8-13)24-25(18)15-3-1-14(2-4-15)22-19(27)17-9-12-21-23-17/h5-12,14-15H,1-4H2,(H,21,23)(H,22,27). The average Bonchev–Trinajstić information content (AvgIpc) is 3.25. The van der Waals surface area contributed by atoms with Gasteiger partial charge in [-0.3, -0.25) is 19.7 Å². The van der Waals surface area contributed by atoms with Gasteiger partial charge in [-0.25, -0.2) is 4.68 Å². The maximum Gasteiger partial charge on any atom is 0.269 e. The lowest BCUT2D eigenvalue weighted by molar-refractivity contribution is 0.0916. The van der Waals surface area contributed by atoms with Crippen LogP contribution < -0.4 is 10.9 Å². The van der Waals surface area contributed by atoms with Gasteiger partial charge < -0.3 is 5.32 Å². The highest BCUT2D eigenvalue weighted by Crippen LogP contribution is 2.27. The molecular formula is C19H20N6O2. The van der Waals surface area contributed by atoms with Gasteiger partial charge in [0, 0.05) is 36.3 Å². The Hall–Kier alpha value is -3.29. The summed E-state index contributed by atoms with van der Waals surface area (Å²) in [6.45, 7) is 0. The fourth-order valence-electron chi connectivity index (χ4n) is 3.47. The molecule has 0 radical (unpaired) electrons. The molecule has 3 heterocycles. The Labute approximate surface area is 155 Å². The van der Waals surface area contributed by atoms with Gasteiger partial charge >= 0.3 is 0 Å². The molecule has 1 fully saturated rings. The molecule has 3 aromatic rings. The van der Waals surface area contributed by atoms with E-state index in [1.807, 2.05) is 12.1 Å². The van der Waals surface area contributed by atoms with E-state index in [0.29, 0.717) is 5.69 Å². The van der Waals surface area contributed by atoms with E-state index in [-0.39, 0.29) is 23.6 Å². The molecule has 3 aromatic heterocycles. The lowest BCUT2D eigenvalue weighted by Gasteiger charge is -2.29. The van der Waals surface area contributed by atoms with E-state index < -0.39 is 0 Å². The van der Waals surface area contributed by atoms with Crippen LogP contribution in [0.25, 0.3) is 11.3 Å². The van der Waals surface area contributed by atoms with Crippen LogP contribution in [0.1, 0.15) is 42.2 Å². The van der Waals surface area contributed by atoms with Gasteiger partial charge in [0.1, 0.15) is 5.69 Å². The van der Waals surface area contributed by atoms with Gasteiger partial charge in [-0.05, 0) is 49.9 Å². The SMILES string of the molecule is O=C(NC1CCC(n2nc(-c3ccncc3)ccc2=O)CC1)c1ccn[nH]1. The first-order valence-corrected chi connectivity index (χ1v) is 9.01. The number of carbonyl (C=O) groups is 1. The topological polar surface area (TPSA) is 106 Å². The van der Waals surface area contributed by atoms with Crippen LogP contribution >= 0.6 is 0 Å². The Bertz CT molecular complexity index is 959. The molecule has 1 amide bonds. The number of H-pyrrole nitrogens is 1. The zero-order chi connectivity index (χ0) is 18.6. The summed E-state index contributed by atoms with van der Waals surface area (Å²) in [6, 6.07) is 8.84. The quantitative estimate of drug-likeness (QED) is 0.736. The Morgan fingerprint density at radius 3 is 2.52 bits per heavy atom. The molecule has 2 N–H and O–H groups in total. The summed E-state index contributed by atoms with van der Waals surface area (Å²) in [4.78, 5) is 28.5. The third-order valence-electron chi connectivity index (χ3n) is 4.92. The van der Waals surface area contributed by atoms with Crippen LogP contribution in [-0.4, -0.2) is 36.9 Å². The van der Waals surface area contributed by atoms with Crippen molar-refractivity contribution in [1.29, 1.82) is 0 Å². The fraction of sp³-hybridized carbons (Fsp3) is 0.316. The Balaban J connectivity index is 1.44. The number of amides is 1. The number of aromatic nitrogens is 5. The Kier molecular flexibility index (Phi) is 4.78. The van der Waals surface area contributed by atoms with E-state index in [1.165, 1.54) is 0 Å². The highest BCUT2D eigenvalue weighted by Gasteiger charge is 2.25. The molecule has 27 heavy (non-hydrogen) atoms. The van der Waals surface area contributed by atoms with Crippen molar-refractivity contribution in [3.8, 4) is 11.3 Å². The van der Waals surface area contributed by atoms with Crippen molar-refractivity contribution in [3.63, 3.8) is 0 Å². The lowest BCUT2D eigenvalue weighted by atomic mass is 9.91. The number of carbonyl (C=O) groups excluding carboxylic acids is 1. The molecule has 1 saturated carbocycles. The monoisotopic (exact) mass is 364 g/mol. The summed E-state index contributed by atoms with van der Waals surface area (Å²) in [5, 5.41) is 14.1. The first kappa shape index (κ1) is 17.1. The average molecular weight is 364 g/mol. The molecule has 0 bridgehead atoms.